The maximum atomic E-state index is 10.5. The van der Waals surface area contributed by atoms with E-state index in [1.165, 1.54) is 32.1 Å². The minimum absolute atomic E-state index is 0.426. The molecular weight excluding hydrogens is 152 g/mol. The lowest BCUT2D eigenvalue weighted by Crippen LogP contribution is -1.98. The molecule has 68 valence electrons. The summed E-state index contributed by atoms with van der Waals surface area (Å²) in [5.74, 6) is 1.50. The molecule has 1 N–H and O–H groups in total. The SMILES string of the molecule is O=C(O)CC1[C@H]2CCCCC[C@@H]12. The molecule has 12 heavy (non-hydrogen) atoms. The van der Waals surface area contributed by atoms with E-state index in [4.69, 9.17) is 5.11 Å². The van der Waals surface area contributed by atoms with E-state index >= 15 is 0 Å². The van der Waals surface area contributed by atoms with Gasteiger partial charge in [0, 0.05) is 6.42 Å². The molecular formula is C10H16O2. The van der Waals surface area contributed by atoms with E-state index in [2.05, 4.69) is 0 Å². The first kappa shape index (κ1) is 8.09. The lowest BCUT2D eigenvalue weighted by atomic mass is 10.1. The van der Waals surface area contributed by atoms with Crippen LogP contribution in [0.15, 0.2) is 0 Å². The van der Waals surface area contributed by atoms with Crippen molar-refractivity contribution in [3.8, 4) is 0 Å². The second-order valence-corrected chi connectivity index (χ2v) is 4.23. The number of carboxylic acids is 1. The van der Waals surface area contributed by atoms with Crippen molar-refractivity contribution in [3.05, 3.63) is 0 Å². The quantitative estimate of drug-likeness (QED) is 0.686. The van der Waals surface area contributed by atoms with E-state index in [1.54, 1.807) is 0 Å². The number of carbonyl (C=O) groups is 1. The van der Waals surface area contributed by atoms with Gasteiger partial charge in [-0.3, -0.25) is 4.79 Å². The van der Waals surface area contributed by atoms with Crippen LogP contribution in [0, 0.1) is 17.8 Å². The van der Waals surface area contributed by atoms with E-state index in [0.717, 1.165) is 11.8 Å². The van der Waals surface area contributed by atoms with Crippen LogP contribution in [0.1, 0.15) is 38.5 Å². The van der Waals surface area contributed by atoms with E-state index in [0.29, 0.717) is 12.3 Å². The fourth-order valence-corrected chi connectivity index (χ4v) is 2.82. The van der Waals surface area contributed by atoms with Crippen molar-refractivity contribution in [1.82, 2.24) is 0 Å². The van der Waals surface area contributed by atoms with Crippen LogP contribution in [0.25, 0.3) is 0 Å². The van der Waals surface area contributed by atoms with Gasteiger partial charge in [-0.25, -0.2) is 0 Å². The highest BCUT2D eigenvalue weighted by atomic mass is 16.4. The number of hydrogen-bond donors (Lipinski definition) is 1. The van der Waals surface area contributed by atoms with Gasteiger partial charge in [-0.1, -0.05) is 19.3 Å². The van der Waals surface area contributed by atoms with E-state index < -0.39 is 5.97 Å². The molecule has 0 heterocycles. The fourth-order valence-electron chi connectivity index (χ4n) is 2.82. The molecule has 2 aliphatic rings. The number of rotatable bonds is 2. The zero-order chi connectivity index (χ0) is 8.55. The van der Waals surface area contributed by atoms with E-state index in [9.17, 15) is 4.79 Å². The Balaban J connectivity index is 1.85. The Bertz CT molecular complexity index is 176. The third-order valence-corrected chi connectivity index (χ3v) is 3.49. The summed E-state index contributed by atoms with van der Waals surface area (Å²) in [6.45, 7) is 0. The Morgan fingerprint density at radius 3 is 2.25 bits per heavy atom. The number of fused-ring (bicyclic) bond motifs is 1. The molecule has 0 aromatic carbocycles. The molecule has 2 heteroatoms. The number of carboxylic acid groups (broad SMARTS) is 1. The van der Waals surface area contributed by atoms with Crippen molar-refractivity contribution in [2.24, 2.45) is 17.8 Å². The van der Waals surface area contributed by atoms with Gasteiger partial charge in [-0.05, 0) is 30.6 Å². The van der Waals surface area contributed by atoms with Crippen LogP contribution in [0.5, 0.6) is 0 Å². The van der Waals surface area contributed by atoms with Gasteiger partial charge >= 0.3 is 5.97 Å². The minimum Gasteiger partial charge on any atom is -0.481 e. The molecule has 0 saturated heterocycles. The van der Waals surface area contributed by atoms with Crippen molar-refractivity contribution in [2.45, 2.75) is 38.5 Å². The van der Waals surface area contributed by atoms with E-state index in [1.807, 2.05) is 0 Å². The minimum atomic E-state index is -0.604. The monoisotopic (exact) mass is 168 g/mol. The largest absolute Gasteiger partial charge is 0.481 e. The average Bonchev–Trinajstić information content (AvgIpc) is 2.66. The van der Waals surface area contributed by atoms with Crippen molar-refractivity contribution < 1.29 is 9.90 Å². The van der Waals surface area contributed by atoms with Gasteiger partial charge < -0.3 is 5.11 Å². The fraction of sp³-hybridized carbons (Fsp3) is 0.900. The molecule has 0 aromatic heterocycles. The maximum absolute atomic E-state index is 10.5. The topological polar surface area (TPSA) is 37.3 Å². The third-order valence-electron chi connectivity index (χ3n) is 3.49. The van der Waals surface area contributed by atoms with Crippen LogP contribution in [0.3, 0.4) is 0 Å². The summed E-state index contributed by atoms with van der Waals surface area (Å²) < 4.78 is 0. The molecule has 0 bridgehead atoms. The van der Waals surface area contributed by atoms with Gasteiger partial charge in [-0.2, -0.15) is 0 Å². The van der Waals surface area contributed by atoms with Gasteiger partial charge in [0.25, 0.3) is 0 Å². The summed E-state index contributed by atoms with van der Waals surface area (Å²) in [5.41, 5.74) is 0. The van der Waals surface area contributed by atoms with E-state index in [-0.39, 0.29) is 0 Å². The summed E-state index contributed by atoms with van der Waals surface area (Å²) in [5, 5.41) is 8.64. The normalized spacial score (nSPS) is 39.8. The first-order valence-electron chi connectivity index (χ1n) is 5.01. The molecule has 1 unspecified atom stereocenters. The highest BCUT2D eigenvalue weighted by Crippen LogP contribution is 2.55. The molecule has 0 aromatic rings. The molecule has 0 spiro atoms. The summed E-state index contributed by atoms with van der Waals surface area (Å²) in [6, 6.07) is 0. The molecule has 0 radical (unpaired) electrons. The summed E-state index contributed by atoms with van der Waals surface area (Å²) in [6.07, 6.45) is 7.04. The second-order valence-electron chi connectivity index (χ2n) is 4.23. The van der Waals surface area contributed by atoms with Crippen LogP contribution in [-0.2, 0) is 4.79 Å². The zero-order valence-corrected chi connectivity index (χ0v) is 7.33. The smallest absolute Gasteiger partial charge is 0.303 e. The van der Waals surface area contributed by atoms with Crippen molar-refractivity contribution >= 4 is 5.97 Å². The predicted octanol–water partition coefficient (Wildman–Crippen LogP) is 2.29. The van der Waals surface area contributed by atoms with Crippen LogP contribution in [-0.4, -0.2) is 11.1 Å². The highest BCUT2D eigenvalue weighted by Gasteiger charge is 2.49. The van der Waals surface area contributed by atoms with Crippen molar-refractivity contribution in [3.63, 3.8) is 0 Å². The molecule has 2 rings (SSSR count). The number of hydrogen-bond acceptors (Lipinski definition) is 1. The lowest BCUT2D eigenvalue weighted by Gasteiger charge is -1.98. The first-order valence-corrected chi connectivity index (χ1v) is 5.01. The van der Waals surface area contributed by atoms with Gasteiger partial charge in [-0.15, -0.1) is 0 Å². The Morgan fingerprint density at radius 1 is 1.17 bits per heavy atom. The highest BCUT2D eigenvalue weighted by molar-refractivity contribution is 5.67. The lowest BCUT2D eigenvalue weighted by molar-refractivity contribution is -0.137. The molecule has 0 aliphatic heterocycles. The average molecular weight is 168 g/mol. The Morgan fingerprint density at radius 2 is 1.75 bits per heavy atom. The number of aliphatic carboxylic acids is 1. The van der Waals surface area contributed by atoms with Crippen LogP contribution >= 0.6 is 0 Å². The predicted molar refractivity (Wildman–Crippen MR) is 45.8 cm³/mol. The molecule has 2 nitrogen and oxygen atoms in total. The van der Waals surface area contributed by atoms with Gasteiger partial charge in [0.1, 0.15) is 0 Å². The zero-order valence-electron chi connectivity index (χ0n) is 7.33. The van der Waals surface area contributed by atoms with Gasteiger partial charge in [0.2, 0.25) is 0 Å². The van der Waals surface area contributed by atoms with Gasteiger partial charge in [0.05, 0.1) is 0 Å². The van der Waals surface area contributed by atoms with Gasteiger partial charge in [0.15, 0.2) is 0 Å². The Kier molecular flexibility index (Phi) is 2.07. The standard InChI is InChI=1S/C10H16O2/c11-10(12)6-9-7-4-2-1-3-5-8(7)9/h7-9H,1-6H2,(H,11,12)/t7-,8+,9?. The van der Waals surface area contributed by atoms with Crippen LogP contribution < -0.4 is 0 Å². The van der Waals surface area contributed by atoms with Crippen molar-refractivity contribution in [1.29, 1.82) is 0 Å². The molecule has 3 atom stereocenters. The van der Waals surface area contributed by atoms with Crippen LogP contribution in [0.2, 0.25) is 0 Å². The summed E-state index contributed by atoms with van der Waals surface area (Å²) in [4.78, 5) is 10.5. The Labute approximate surface area is 73.0 Å². The Hall–Kier alpha value is -0.530. The third kappa shape index (κ3) is 1.47. The first-order chi connectivity index (χ1) is 5.79. The summed E-state index contributed by atoms with van der Waals surface area (Å²) >= 11 is 0. The van der Waals surface area contributed by atoms with Crippen LogP contribution in [0.4, 0.5) is 0 Å². The second kappa shape index (κ2) is 3.08. The molecule has 2 saturated carbocycles. The molecule has 2 aliphatic carbocycles. The molecule has 2 fully saturated rings. The van der Waals surface area contributed by atoms with Crippen molar-refractivity contribution in [2.75, 3.05) is 0 Å². The maximum Gasteiger partial charge on any atom is 0.303 e. The molecule has 0 amide bonds. The summed E-state index contributed by atoms with van der Waals surface area (Å²) in [7, 11) is 0.